The molecule has 0 aliphatic carbocycles. The van der Waals surface area contributed by atoms with Gasteiger partial charge < -0.3 is 4.74 Å². The summed E-state index contributed by atoms with van der Waals surface area (Å²) in [4.78, 5) is 9.49. The molecule has 2 nitrogen and oxygen atoms in total. The minimum Gasteiger partial charge on any atom is -0.462 e. The molecule has 0 radical (unpaired) electrons. The fourth-order valence-corrected chi connectivity index (χ4v) is 0.116. The van der Waals surface area contributed by atoms with Crippen LogP contribution in [0.3, 0.4) is 0 Å². The van der Waals surface area contributed by atoms with Crippen LogP contribution in [-0.4, -0.2) is 19.3 Å². The van der Waals surface area contributed by atoms with E-state index in [1.54, 1.807) is 0 Å². The zero-order valence-corrected chi connectivity index (χ0v) is 5.18. The van der Waals surface area contributed by atoms with Crippen molar-refractivity contribution in [3.05, 3.63) is 0 Å². The first kappa shape index (κ1) is 11.4. The zero-order valence-electron chi connectivity index (χ0n) is 4.36. The summed E-state index contributed by atoms with van der Waals surface area (Å²) in [5.41, 5.74) is 0. The van der Waals surface area contributed by atoms with Crippen molar-refractivity contribution in [3.8, 4) is 0 Å². The fourth-order valence-electron chi connectivity index (χ4n) is 0.116. The van der Waals surface area contributed by atoms with Crippen molar-refractivity contribution in [1.29, 1.82) is 0 Å². The van der Waals surface area contributed by atoms with E-state index in [-0.39, 0.29) is 12.4 Å². The number of esters is 1. The lowest BCUT2D eigenvalue weighted by Gasteiger charge is -1.99. The summed E-state index contributed by atoms with van der Waals surface area (Å²) in [6.07, 6.45) is -4.85. The smallest absolute Gasteiger partial charge is 0.462 e. The molecule has 0 aliphatic heterocycles. The van der Waals surface area contributed by atoms with Crippen LogP contribution >= 0.6 is 12.4 Å². The van der Waals surface area contributed by atoms with Gasteiger partial charge in [0.15, 0.2) is 0 Å². The predicted molar refractivity (Wildman–Crippen MR) is 25.3 cm³/mol. The van der Waals surface area contributed by atoms with Gasteiger partial charge >= 0.3 is 12.1 Å². The second-order valence-corrected chi connectivity index (χ2v) is 0.989. The Kier molecular flexibility index (Phi) is 4.48. The molecular weight excluding hydrogens is 160 g/mol. The van der Waals surface area contributed by atoms with Crippen molar-refractivity contribution in [3.63, 3.8) is 0 Å². The Bertz CT molecular complexity index is 99.7. The minimum atomic E-state index is -4.85. The van der Waals surface area contributed by atoms with Crippen molar-refractivity contribution >= 4 is 18.4 Å². The quantitative estimate of drug-likeness (QED) is 0.502. The SMILES string of the molecule is COC(=O)C(F)(F)F.Cl. The maximum atomic E-state index is 11.0. The standard InChI is InChI=1S/C3H3F3O2.ClH/c1-8-2(7)3(4,5)6;/h1H3;1H. The molecule has 0 amide bonds. The van der Waals surface area contributed by atoms with E-state index in [0.717, 1.165) is 0 Å². The molecule has 0 heterocycles. The Morgan fingerprint density at radius 2 is 1.78 bits per heavy atom. The van der Waals surface area contributed by atoms with E-state index in [1.165, 1.54) is 0 Å². The number of ether oxygens (including phenoxy) is 1. The summed E-state index contributed by atoms with van der Waals surface area (Å²) in [6, 6.07) is 0. The highest BCUT2D eigenvalue weighted by Crippen LogP contribution is 2.15. The lowest BCUT2D eigenvalue weighted by atomic mass is 10.7. The molecular formula is C3H4ClF3O2. The van der Waals surface area contributed by atoms with Crippen molar-refractivity contribution in [2.45, 2.75) is 6.18 Å². The molecule has 56 valence electrons. The van der Waals surface area contributed by atoms with Crippen LogP contribution in [-0.2, 0) is 9.53 Å². The first-order valence-corrected chi connectivity index (χ1v) is 1.63. The maximum absolute atomic E-state index is 11.0. The molecule has 0 saturated heterocycles. The lowest BCUT2D eigenvalue weighted by Crippen LogP contribution is -2.23. The topological polar surface area (TPSA) is 26.3 Å². The zero-order chi connectivity index (χ0) is 6.78. The minimum absolute atomic E-state index is 0. The van der Waals surface area contributed by atoms with Crippen LogP contribution in [0, 0.1) is 0 Å². The summed E-state index contributed by atoms with van der Waals surface area (Å²) >= 11 is 0. The number of methoxy groups -OCH3 is 1. The van der Waals surface area contributed by atoms with Gasteiger partial charge in [-0.3, -0.25) is 0 Å². The number of carbonyl (C=O) groups excluding carboxylic acids is 1. The third kappa shape index (κ3) is 4.08. The highest BCUT2D eigenvalue weighted by molar-refractivity contribution is 5.85. The lowest BCUT2D eigenvalue weighted by molar-refractivity contribution is -0.196. The van der Waals surface area contributed by atoms with Gasteiger partial charge in [0.25, 0.3) is 0 Å². The van der Waals surface area contributed by atoms with Crippen LogP contribution in [0.25, 0.3) is 0 Å². The largest absolute Gasteiger partial charge is 0.490 e. The number of alkyl halides is 3. The molecule has 0 saturated carbocycles. The molecule has 0 bridgehead atoms. The van der Waals surface area contributed by atoms with E-state index >= 15 is 0 Å². The highest BCUT2D eigenvalue weighted by Gasteiger charge is 2.39. The van der Waals surface area contributed by atoms with Crippen molar-refractivity contribution in [1.82, 2.24) is 0 Å². The van der Waals surface area contributed by atoms with Gasteiger partial charge in [0, 0.05) is 0 Å². The molecule has 0 aromatic rings. The normalized spacial score (nSPS) is 9.78. The Labute approximate surface area is 55.4 Å². The van der Waals surface area contributed by atoms with E-state index in [4.69, 9.17) is 0 Å². The monoisotopic (exact) mass is 164 g/mol. The van der Waals surface area contributed by atoms with E-state index in [2.05, 4.69) is 4.74 Å². The second-order valence-electron chi connectivity index (χ2n) is 0.989. The van der Waals surface area contributed by atoms with Crippen molar-refractivity contribution < 1.29 is 22.7 Å². The summed E-state index contributed by atoms with van der Waals surface area (Å²) in [6.45, 7) is 0. The van der Waals surface area contributed by atoms with Gasteiger partial charge in [0.2, 0.25) is 0 Å². The summed E-state index contributed by atoms with van der Waals surface area (Å²) in [7, 11) is 0.676. The van der Waals surface area contributed by atoms with Gasteiger partial charge in [-0.1, -0.05) is 0 Å². The van der Waals surface area contributed by atoms with Crippen molar-refractivity contribution in [2.24, 2.45) is 0 Å². The highest BCUT2D eigenvalue weighted by atomic mass is 35.5. The molecule has 0 unspecified atom stereocenters. The Balaban J connectivity index is 0. The van der Waals surface area contributed by atoms with Gasteiger partial charge in [0.05, 0.1) is 7.11 Å². The summed E-state index contributed by atoms with van der Waals surface area (Å²) in [5.74, 6) is -2.17. The Morgan fingerprint density at radius 3 is 1.78 bits per heavy atom. The first-order chi connectivity index (χ1) is 3.48. The van der Waals surface area contributed by atoms with Gasteiger partial charge in [0.1, 0.15) is 0 Å². The van der Waals surface area contributed by atoms with Gasteiger partial charge in [-0.05, 0) is 0 Å². The molecule has 0 atom stereocenters. The molecule has 0 aliphatic rings. The second kappa shape index (κ2) is 3.55. The third-order valence-electron chi connectivity index (χ3n) is 0.417. The Hall–Kier alpha value is -0.450. The average Bonchev–Trinajstić information content (AvgIpc) is 1.62. The molecule has 0 fully saturated rings. The van der Waals surface area contributed by atoms with E-state index in [9.17, 15) is 18.0 Å². The van der Waals surface area contributed by atoms with E-state index in [0.29, 0.717) is 7.11 Å². The fraction of sp³-hybridized carbons (Fsp3) is 0.667. The van der Waals surface area contributed by atoms with Crippen LogP contribution in [0.2, 0.25) is 0 Å². The predicted octanol–water partition coefficient (Wildman–Crippen LogP) is 1.14. The molecule has 0 aromatic heterocycles. The number of halogens is 4. The summed E-state index contributed by atoms with van der Waals surface area (Å²) in [5, 5.41) is 0. The van der Waals surface area contributed by atoms with Gasteiger partial charge in [-0.2, -0.15) is 13.2 Å². The Morgan fingerprint density at radius 1 is 1.44 bits per heavy atom. The first-order valence-electron chi connectivity index (χ1n) is 1.63. The average molecular weight is 165 g/mol. The summed E-state index contributed by atoms with van der Waals surface area (Å²) < 4.78 is 36.3. The number of carbonyl (C=O) groups is 1. The number of rotatable bonds is 0. The molecule has 9 heavy (non-hydrogen) atoms. The maximum Gasteiger partial charge on any atom is 0.490 e. The molecule has 6 heteroatoms. The van der Waals surface area contributed by atoms with Gasteiger partial charge in [-0.25, -0.2) is 4.79 Å². The van der Waals surface area contributed by atoms with E-state index < -0.39 is 12.1 Å². The molecule has 0 aromatic carbocycles. The van der Waals surface area contributed by atoms with Crippen LogP contribution in [0.4, 0.5) is 13.2 Å². The molecule has 0 spiro atoms. The van der Waals surface area contributed by atoms with Crippen LogP contribution in [0.1, 0.15) is 0 Å². The number of hydrogen-bond donors (Lipinski definition) is 0. The van der Waals surface area contributed by atoms with Gasteiger partial charge in [-0.15, -0.1) is 12.4 Å². The number of hydrogen-bond acceptors (Lipinski definition) is 2. The van der Waals surface area contributed by atoms with Crippen LogP contribution < -0.4 is 0 Å². The van der Waals surface area contributed by atoms with Crippen molar-refractivity contribution in [2.75, 3.05) is 7.11 Å². The van der Waals surface area contributed by atoms with Crippen LogP contribution in [0.5, 0.6) is 0 Å². The van der Waals surface area contributed by atoms with Crippen LogP contribution in [0.15, 0.2) is 0 Å². The third-order valence-corrected chi connectivity index (χ3v) is 0.417. The van der Waals surface area contributed by atoms with E-state index in [1.807, 2.05) is 0 Å². The molecule has 0 rings (SSSR count). The molecule has 0 N–H and O–H groups in total.